The minimum atomic E-state index is 0.0744. The Morgan fingerprint density at radius 2 is 1.84 bits per heavy atom. The number of aryl methyl sites for hydroxylation is 1. The van der Waals surface area contributed by atoms with E-state index >= 15 is 0 Å². The minimum Gasteiger partial charge on any atom is -0.361 e. The van der Waals surface area contributed by atoms with Crippen molar-refractivity contribution in [1.29, 1.82) is 0 Å². The van der Waals surface area contributed by atoms with Gasteiger partial charge in [-0.25, -0.2) is 0 Å². The lowest BCUT2D eigenvalue weighted by molar-refractivity contribution is 0.317. The van der Waals surface area contributed by atoms with Gasteiger partial charge in [0.2, 0.25) is 0 Å². The zero-order valence-corrected chi connectivity index (χ0v) is 14.5. The van der Waals surface area contributed by atoms with Crippen molar-refractivity contribution >= 4 is 21.8 Å². The van der Waals surface area contributed by atoms with Gasteiger partial charge in [0.25, 0.3) is 5.56 Å². The Morgan fingerprint density at radius 1 is 1.00 bits per heavy atom. The Balaban J connectivity index is 1.59. The van der Waals surface area contributed by atoms with Gasteiger partial charge in [0.15, 0.2) is 0 Å². The highest BCUT2D eigenvalue weighted by molar-refractivity contribution is 5.80. The molecular formula is C21H21N3O. The highest BCUT2D eigenvalue weighted by Gasteiger charge is 2.10. The summed E-state index contributed by atoms with van der Waals surface area (Å²) < 4.78 is 1.74. The van der Waals surface area contributed by atoms with Crippen molar-refractivity contribution in [3.05, 3.63) is 82.3 Å². The number of benzene rings is 2. The van der Waals surface area contributed by atoms with Crippen molar-refractivity contribution in [2.45, 2.75) is 13.1 Å². The topological polar surface area (TPSA) is 41.0 Å². The van der Waals surface area contributed by atoms with Crippen LogP contribution in [0.4, 0.5) is 0 Å². The Morgan fingerprint density at radius 3 is 2.72 bits per heavy atom. The molecule has 25 heavy (non-hydrogen) atoms. The second-order valence-electron chi connectivity index (χ2n) is 6.66. The molecule has 0 saturated carbocycles. The summed E-state index contributed by atoms with van der Waals surface area (Å²) >= 11 is 0. The molecule has 0 atom stereocenters. The molecule has 2 heterocycles. The third-order valence-electron chi connectivity index (χ3n) is 4.72. The zero-order chi connectivity index (χ0) is 17.4. The molecule has 0 amide bonds. The van der Waals surface area contributed by atoms with Crippen LogP contribution in [0.15, 0.2) is 65.6 Å². The first-order valence-electron chi connectivity index (χ1n) is 8.44. The molecule has 2 aromatic heterocycles. The fraction of sp³-hybridized carbons (Fsp3) is 0.190. The van der Waals surface area contributed by atoms with Gasteiger partial charge < -0.3 is 9.55 Å². The normalized spacial score (nSPS) is 11.6. The van der Waals surface area contributed by atoms with E-state index in [1.165, 1.54) is 10.9 Å². The van der Waals surface area contributed by atoms with Crippen LogP contribution >= 0.6 is 0 Å². The third-order valence-corrected chi connectivity index (χ3v) is 4.72. The molecule has 0 saturated heterocycles. The van der Waals surface area contributed by atoms with Gasteiger partial charge in [-0.2, -0.15) is 0 Å². The lowest BCUT2D eigenvalue weighted by Crippen LogP contribution is -2.27. The highest BCUT2D eigenvalue weighted by Crippen LogP contribution is 2.17. The number of rotatable bonds is 4. The number of pyridine rings is 1. The van der Waals surface area contributed by atoms with Crippen LogP contribution in [0.25, 0.3) is 21.8 Å². The molecule has 4 heteroatoms. The van der Waals surface area contributed by atoms with Crippen LogP contribution in [0.3, 0.4) is 0 Å². The lowest BCUT2D eigenvalue weighted by atomic mass is 10.1. The maximum absolute atomic E-state index is 12.6. The van der Waals surface area contributed by atoms with E-state index in [9.17, 15) is 4.79 Å². The monoisotopic (exact) mass is 331 g/mol. The summed E-state index contributed by atoms with van der Waals surface area (Å²) in [5, 5.41) is 2.32. The number of aromatic nitrogens is 2. The van der Waals surface area contributed by atoms with Crippen LogP contribution in [0.5, 0.6) is 0 Å². The standard InChI is InChI=1S/C21H21N3O/c1-23(13-15-7-8-16-9-10-22-19(16)11-15)14-18-12-17-5-3-4-6-20(17)24(2)21(18)25/h3-12,22H,13-14H2,1-2H3. The number of aromatic amines is 1. The predicted molar refractivity (Wildman–Crippen MR) is 103 cm³/mol. The van der Waals surface area contributed by atoms with Crippen molar-refractivity contribution < 1.29 is 0 Å². The number of fused-ring (bicyclic) bond motifs is 2. The Labute approximate surface area is 146 Å². The second kappa shape index (κ2) is 6.22. The molecular weight excluding hydrogens is 310 g/mol. The van der Waals surface area contributed by atoms with Crippen molar-refractivity contribution in [3.63, 3.8) is 0 Å². The molecule has 0 unspecified atom stereocenters. The average molecular weight is 331 g/mol. The minimum absolute atomic E-state index is 0.0744. The van der Waals surface area contributed by atoms with Crippen LogP contribution in [0, 0.1) is 0 Å². The molecule has 2 aromatic carbocycles. The van der Waals surface area contributed by atoms with E-state index in [-0.39, 0.29) is 5.56 Å². The molecule has 0 aliphatic carbocycles. The molecule has 0 fully saturated rings. The number of nitrogens with zero attached hydrogens (tertiary/aromatic N) is 2. The lowest BCUT2D eigenvalue weighted by Gasteiger charge is -2.18. The van der Waals surface area contributed by atoms with E-state index in [2.05, 4.69) is 40.2 Å². The Hall–Kier alpha value is -2.85. The van der Waals surface area contributed by atoms with Gasteiger partial charge in [0.05, 0.1) is 5.52 Å². The van der Waals surface area contributed by atoms with Crippen molar-refractivity contribution in [1.82, 2.24) is 14.5 Å². The first kappa shape index (κ1) is 15.7. The second-order valence-corrected chi connectivity index (χ2v) is 6.66. The van der Waals surface area contributed by atoms with Gasteiger partial charge in [-0.3, -0.25) is 9.69 Å². The number of hydrogen-bond acceptors (Lipinski definition) is 2. The number of nitrogens with one attached hydrogen (secondary N) is 1. The summed E-state index contributed by atoms with van der Waals surface area (Å²) in [6.45, 7) is 1.42. The average Bonchev–Trinajstić information content (AvgIpc) is 3.07. The number of H-pyrrole nitrogens is 1. The molecule has 4 nitrogen and oxygen atoms in total. The predicted octanol–water partition coefficient (Wildman–Crippen LogP) is 3.65. The quantitative estimate of drug-likeness (QED) is 0.620. The van der Waals surface area contributed by atoms with Crippen LogP contribution in [-0.2, 0) is 20.1 Å². The molecule has 126 valence electrons. The summed E-state index contributed by atoms with van der Waals surface area (Å²) in [5.74, 6) is 0. The summed E-state index contributed by atoms with van der Waals surface area (Å²) in [6, 6.07) is 18.5. The van der Waals surface area contributed by atoms with Gasteiger partial charge in [-0.15, -0.1) is 0 Å². The largest absolute Gasteiger partial charge is 0.361 e. The summed E-state index contributed by atoms with van der Waals surface area (Å²) in [7, 11) is 3.89. The first-order chi connectivity index (χ1) is 12.1. The smallest absolute Gasteiger partial charge is 0.255 e. The van der Waals surface area contributed by atoms with Crippen LogP contribution < -0.4 is 5.56 Å². The van der Waals surface area contributed by atoms with Gasteiger partial charge in [-0.05, 0) is 47.6 Å². The number of hydrogen-bond donors (Lipinski definition) is 1. The highest BCUT2D eigenvalue weighted by atomic mass is 16.1. The van der Waals surface area contributed by atoms with E-state index in [0.717, 1.165) is 28.5 Å². The van der Waals surface area contributed by atoms with E-state index in [4.69, 9.17) is 0 Å². The fourth-order valence-electron chi connectivity index (χ4n) is 3.45. The van der Waals surface area contributed by atoms with Crippen LogP contribution in [0.1, 0.15) is 11.1 Å². The van der Waals surface area contributed by atoms with Crippen LogP contribution in [-0.4, -0.2) is 21.5 Å². The Bertz CT molecular complexity index is 1110. The fourth-order valence-corrected chi connectivity index (χ4v) is 3.45. The molecule has 0 aliphatic heterocycles. The van der Waals surface area contributed by atoms with Gasteiger partial charge in [-0.1, -0.05) is 30.3 Å². The van der Waals surface area contributed by atoms with E-state index < -0.39 is 0 Å². The van der Waals surface area contributed by atoms with Gasteiger partial charge >= 0.3 is 0 Å². The van der Waals surface area contributed by atoms with Crippen molar-refractivity contribution in [2.24, 2.45) is 7.05 Å². The Kier molecular flexibility index (Phi) is 3.90. The maximum atomic E-state index is 12.6. The van der Waals surface area contributed by atoms with Crippen molar-refractivity contribution in [3.8, 4) is 0 Å². The molecule has 0 aliphatic rings. The number of para-hydroxylation sites is 1. The molecule has 0 spiro atoms. The van der Waals surface area contributed by atoms with E-state index in [0.29, 0.717) is 6.54 Å². The van der Waals surface area contributed by atoms with Crippen molar-refractivity contribution in [2.75, 3.05) is 7.05 Å². The van der Waals surface area contributed by atoms with E-state index in [1.54, 1.807) is 4.57 Å². The molecule has 0 radical (unpaired) electrons. The van der Waals surface area contributed by atoms with E-state index in [1.807, 2.05) is 44.6 Å². The molecule has 4 aromatic rings. The summed E-state index contributed by atoms with van der Waals surface area (Å²) in [4.78, 5) is 18.1. The first-order valence-corrected chi connectivity index (χ1v) is 8.44. The maximum Gasteiger partial charge on any atom is 0.255 e. The SMILES string of the molecule is CN(Cc1ccc2cc[nH]c2c1)Cc1cc2ccccc2n(C)c1=O. The third kappa shape index (κ3) is 2.96. The van der Waals surface area contributed by atoms with Gasteiger partial charge in [0, 0.05) is 37.4 Å². The summed E-state index contributed by atoms with van der Waals surface area (Å²) in [6.07, 6.45) is 1.96. The molecule has 4 rings (SSSR count). The molecule has 0 bridgehead atoms. The summed E-state index contributed by atoms with van der Waals surface area (Å²) in [5.41, 5.74) is 4.24. The van der Waals surface area contributed by atoms with Crippen LogP contribution in [0.2, 0.25) is 0 Å². The molecule has 1 N–H and O–H groups in total. The van der Waals surface area contributed by atoms with Gasteiger partial charge in [0.1, 0.15) is 0 Å². The zero-order valence-electron chi connectivity index (χ0n) is 14.5.